The summed E-state index contributed by atoms with van der Waals surface area (Å²) in [7, 11) is 0.386. The van der Waals surface area contributed by atoms with Gasteiger partial charge in [-0.05, 0) is 36.9 Å². The van der Waals surface area contributed by atoms with Gasteiger partial charge in [0.2, 0.25) is 15.8 Å². The Bertz CT molecular complexity index is 1220. The smallest absolute Gasteiger partial charge is 0.372 e. The van der Waals surface area contributed by atoms with Crippen LogP contribution in [0.3, 0.4) is 0 Å². The average Bonchev–Trinajstić information content (AvgIpc) is 2.81. The normalized spacial score (nSPS) is 12.1. The summed E-state index contributed by atoms with van der Waals surface area (Å²) in [6, 6.07) is 12.1. The molecule has 0 aliphatic heterocycles. The van der Waals surface area contributed by atoms with Crippen molar-refractivity contribution in [2.75, 3.05) is 26.5 Å². The third-order valence-corrected chi connectivity index (χ3v) is 6.55. The van der Waals surface area contributed by atoms with Crippen LogP contribution in [0.15, 0.2) is 58.3 Å². The molecule has 0 aliphatic rings. The number of hydrogen-bond acceptors (Lipinski definition) is 8. The maximum absolute atomic E-state index is 13.5. The fourth-order valence-electron chi connectivity index (χ4n) is 2.91. The van der Waals surface area contributed by atoms with Gasteiger partial charge in [-0.15, -0.1) is 0 Å². The summed E-state index contributed by atoms with van der Waals surface area (Å²) >= 11 is 0.936. The Labute approximate surface area is 192 Å². The lowest BCUT2D eigenvalue weighted by Gasteiger charge is -2.17. The van der Waals surface area contributed by atoms with E-state index in [1.54, 1.807) is 24.3 Å². The van der Waals surface area contributed by atoms with Crippen LogP contribution in [-0.2, 0) is 25.4 Å². The van der Waals surface area contributed by atoms with Crippen LogP contribution in [0.2, 0.25) is 0 Å². The van der Waals surface area contributed by atoms with Gasteiger partial charge in [-0.2, -0.15) is 17.5 Å². The molecule has 0 unspecified atom stereocenters. The van der Waals surface area contributed by atoms with E-state index in [1.807, 2.05) is 0 Å². The first-order chi connectivity index (χ1) is 15.6. The number of hydrogen-bond donors (Lipinski definition) is 2. The average molecular weight is 501 g/mol. The predicted molar refractivity (Wildman–Crippen MR) is 118 cm³/mol. The van der Waals surface area contributed by atoms with Gasteiger partial charge in [-0.25, -0.2) is 28.0 Å². The van der Waals surface area contributed by atoms with Crippen LogP contribution in [0.5, 0.6) is 0 Å². The molecule has 0 aliphatic carbocycles. The number of benzene rings is 2. The molecule has 0 fully saturated rings. The molecule has 0 radical (unpaired) electrons. The highest BCUT2D eigenvalue weighted by Crippen LogP contribution is 2.39. The van der Waals surface area contributed by atoms with Gasteiger partial charge < -0.3 is 5.32 Å². The van der Waals surface area contributed by atoms with Crippen LogP contribution in [0, 0.1) is 0 Å². The highest BCUT2D eigenvalue weighted by Gasteiger charge is 2.36. The molecular formula is C20H19F3N4O4S2. The minimum absolute atomic E-state index is 0.00802. The number of sulfonamides is 1. The molecule has 1 aromatic heterocycles. The highest BCUT2D eigenvalue weighted by atomic mass is 32.2. The van der Waals surface area contributed by atoms with Gasteiger partial charge in [0, 0.05) is 17.5 Å². The van der Waals surface area contributed by atoms with Crippen LogP contribution >= 0.6 is 12.0 Å². The van der Waals surface area contributed by atoms with Crippen molar-refractivity contribution in [3.05, 3.63) is 54.4 Å². The van der Waals surface area contributed by atoms with Gasteiger partial charge >= 0.3 is 6.18 Å². The zero-order valence-corrected chi connectivity index (χ0v) is 19.2. The second-order valence-electron chi connectivity index (χ2n) is 6.44. The summed E-state index contributed by atoms with van der Waals surface area (Å²) in [4.78, 5) is 12.6. The third-order valence-electron chi connectivity index (χ3n) is 4.45. The van der Waals surface area contributed by atoms with Gasteiger partial charge in [-0.1, -0.05) is 24.3 Å². The number of anilines is 1. The topological polar surface area (TPSA) is 102 Å². The predicted octanol–water partition coefficient (Wildman–Crippen LogP) is 4.36. The van der Waals surface area contributed by atoms with Crippen molar-refractivity contribution in [1.82, 2.24) is 14.7 Å². The molecule has 0 spiro atoms. The zero-order chi connectivity index (χ0) is 24.2. The second kappa shape index (κ2) is 10.1. The largest absolute Gasteiger partial charge is 0.451 e. The number of alkyl halides is 3. The van der Waals surface area contributed by atoms with Crippen molar-refractivity contribution in [3.63, 3.8) is 0 Å². The first-order valence-electron chi connectivity index (χ1n) is 9.29. The molecule has 2 N–H and O–H groups in total. The number of nitrogens with zero attached hydrogens (tertiary/aromatic N) is 2. The monoisotopic (exact) mass is 500 g/mol. The van der Waals surface area contributed by atoms with E-state index in [9.17, 15) is 21.6 Å². The number of nitrogens with one attached hydrogen (secondary N) is 2. The molecule has 0 saturated carbocycles. The lowest BCUT2D eigenvalue weighted by atomic mass is 9.99. The summed E-state index contributed by atoms with van der Waals surface area (Å²) in [6.07, 6.45) is -4.77. The molecule has 0 amide bonds. The molecule has 33 heavy (non-hydrogen) atoms. The first-order valence-corrected chi connectivity index (χ1v) is 11.5. The van der Waals surface area contributed by atoms with Crippen LogP contribution in [0.1, 0.15) is 5.82 Å². The van der Waals surface area contributed by atoms with E-state index >= 15 is 0 Å². The van der Waals surface area contributed by atoms with Gasteiger partial charge in [0.05, 0.1) is 35.3 Å². The minimum atomic E-state index is -4.77. The Morgan fingerprint density at radius 1 is 0.939 bits per heavy atom. The lowest BCUT2D eigenvalue weighted by molar-refractivity contribution is -0.160. The Kier molecular flexibility index (Phi) is 7.59. The Morgan fingerprint density at radius 3 is 2.06 bits per heavy atom. The maximum atomic E-state index is 13.5. The molecule has 1 heterocycles. The van der Waals surface area contributed by atoms with E-state index in [-0.39, 0.29) is 22.0 Å². The van der Waals surface area contributed by atoms with Crippen LogP contribution in [0.4, 0.5) is 19.0 Å². The van der Waals surface area contributed by atoms with E-state index in [0.29, 0.717) is 16.0 Å². The van der Waals surface area contributed by atoms with Gasteiger partial charge in [0.25, 0.3) is 0 Å². The quantitative estimate of drug-likeness (QED) is 0.267. The molecular weight excluding hydrogens is 481 g/mol. The Hall–Kier alpha value is -2.71. The molecule has 0 bridgehead atoms. The molecule has 0 saturated heterocycles. The van der Waals surface area contributed by atoms with Crippen LogP contribution < -0.4 is 10.0 Å². The maximum Gasteiger partial charge on any atom is 0.451 e. The van der Waals surface area contributed by atoms with E-state index in [2.05, 4.69) is 24.9 Å². The van der Waals surface area contributed by atoms with Crippen molar-refractivity contribution < 1.29 is 30.8 Å². The van der Waals surface area contributed by atoms with Crippen molar-refractivity contribution in [2.45, 2.75) is 16.0 Å². The standard InChI is InChI=1S/C20H19F3N4O4S2/c1-24-18-16(12-6-10-15(11-7-12)33(28,29)25-2)17(26-19(27-18)20(21,22)23)13-4-8-14(9-5-13)32-31-30-3/h4-11,25H,1-3H3,(H,24,26,27). The van der Waals surface area contributed by atoms with Crippen molar-refractivity contribution in [1.29, 1.82) is 0 Å². The summed E-state index contributed by atoms with van der Waals surface area (Å²) in [5.41, 5.74) is 1.13. The summed E-state index contributed by atoms with van der Waals surface area (Å²) in [6.45, 7) is 0. The van der Waals surface area contributed by atoms with E-state index < -0.39 is 22.0 Å². The molecule has 8 nitrogen and oxygen atoms in total. The van der Waals surface area contributed by atoms with Crippen molar-refractivity contribution in [3.8, 4) is 22.4 Å². The van der Waals surface area contributed by atoms with Crippen molar-refractivity contribution in [2.24, 2.45) is 0 Å². The van der Waals surface area contributed by atoms with Crippen molar-refractivity contribution >= 4 is 27.9 Å². The SMILES string of the molecule is CNc1nc(C(F)(F)F)nc(-c2ccc(SOOC)cc2)c1-c1ccc(S(=O)(=O)NC)cc1. The third kappa shape index (κ3) is 5.62. The zero-order valence-electron chi connectivity index (χ0n) is 17.6. The van der Waals surface area contributed by atoms with E-state index in [0.717, 1.165) is 12.0 Å². The minimum Gasteiger partial charge on any atom is -0.372 e. The number of halogens is 3. The highest BCUT2D eigenvalue weighted by molar-refractivity contribution is 7.94. The lowest BCUT2D eigenvalue weighted by Crippen LogP contribution is -2.18. The number of aromatic nitrogens is 2. The summed E-state index contributed by atoms with van der Waals surface area (Å²) < 4.78 is 71.6. The Morgan fingerprint density at radius 2 is 1.55 bits per heavy atom. The van der Waals surface area contributed by atoms with Gasteiger partial charge in [0.1, 0.15) is 5.82 Å². The number of rotatable bonds is 8. The van der Waals surface area contributed by atoms with Gasteiger partial charge in [-0.3, -0.25) is 0 Å². The van der Waals surface area contributed by atoms with Crippen LogP contribution in [-0.4, -0.2) is 39.6 Å². The fourth-order valence-corrected chi connectivity index (χ4v) is 4.03. The second-order valence-corrected chi connectivity index (χ2v) is 9.10. The Balaban J connectivity index is 2.20. The molecule has 13 heteroatoms. The van der Waals surface area contributed by atoms with E-state index in [1.165, 1.54) is 45.5 Å². The summed E-state index contributed by atoms with van der Waals surface area (Å²) in [5, 5.41) is 2.69. The van der Waals surface area contributed by atoms with E-state index in [4.69, 9.17) is 4.33 Å². The molecule has 3 rings (SSSR count). The molecule has 3 aromatic rings. The molecule has 0 atom stereocenters. The fraction of sp³-hybridized carbons (Fsp3) is 0.200. The summed E-state index contributed by atoms with van der Waals surface area (Å²) in [5.74, 6) is -1.36. The van der Waals surface area contributed by atoms with Gasteiger partial charge in [0.15, 0.2) is 0 Å². The van der Waals surface area contributed by atoms with Crippen LogP contribution in [0.25, 0.3) is 22.4 Å². The molecule has 2 aromatic carbocycles. The first kappa shape index (κ1) is 24.9. The molecule has 176 valence electrons.